The smallest absolute Gasteiger partial charge is 0.184 e. The van der Waals surface area contributed by atoms with Crippen molar-refractivity contribution >= 4 is 19.7 Å². The lowest BCUT2D eigenvalue weighted by atomic mass is 11.8. The van der Waals surface area contributed by atoms with E-state index in [4.69, 9.17) is 0 Å². The second-order valence-corrected chi connectivity index (χ2v) is 7.79. The molecule has 7 heavy (non-hydrogen) atoms. The molecule has 0 atom stereocenters. The van der Waals surface area contributed by atoms with E-state index >= 15 is 0 Å². The Morgan fingerprint density at radius 2 is 1.86 bits per heavy atom. The van der Waals surface area contributed by atoms with E-state index in [9.17, 15) is 4.21 Å². The van der Waals surface area contributed by atoms with Crippen LogP contribution in [0.3, 0.4) is 0 Å². The van der Waals surface area contributed by atoms with Crippen molar-refractivity contribution < 1.29 is 4.21 Å². The third kappa shape index (κ3) is 6.17. The fourth-order valence-corrected chi connectivity index (χ4v) is 1.23. The Bertz CT molecular complexity index is 102. The second kappa shape index (κ2) is 2.47. The summed E-state index contributed by atoms with van der Waals surface area (Å²) in [6.07, 6.45) is 0. The van der Waals surface area contributed by atoms with Gasteiger partial charge in [-0.25, -0.2) is 0 Å². The van der Waals surface area contributed by atoms with E-state index in [0.717, 1.165) is 0 Å². The molecule has 0 bridgehead atoms. The molecule has 0 aliphatic rings. The van der Waals surface area contributed by atoms with Crippen molar-refractivity contribution in [2.75, 3.05) is 0 Å². The van der Waals surface area contributed by atoms with Crippen LogP contribution in [-0.4, -0.2) is 12.4 Å². The Hall–Kier alpha value is 0.167. The Labute approximate surface area is 48.3 Å². The molecular formula is C3H11NOSSi. The fourth-order valence-electron chi connectivity index (χ4n) is 0.137. The highest BCUT2D eigenvalue weighted by molar-refractivity contribution is 7.56. The molecule has 2 nitrogen and oxygen atoms in total. The molecule has 4 heteroatoms. The maximum atomic E-state index is 9.84. The Kier molecular flexibility index (Phi) is 2.53. The lowest BCUT2D eigenvalue weighted by Gasteiger charge is -2.02. The van der Waals surface area contributed by atoms with Crippen LogP contribution in [-0.2, 0) is 11.5 Å². The summed E-state index contributed by atoms with van der Waals surface area (Å²) >= 11 is -0.454. The molecule has 0 saturated heterocycles. The predicted octanol–water partition coefficient (Wildman–Crippen LogP) is 0.682. The molecule has 0 N–H and O–H groups in total. The molecule has 0 spiro atoms. The highest BCUT2D eigenvalue weighted by Crippen LogP contribution is 1.98. The lowest BCUT2D eigenvalue weighted by Crippen LogP contribution is -2.14. The first-order chi connectivity index (χ1) is 3.06. The summed E-state index contributed by atoms with van der Waals surface area (Å²) in [5, 5.41) is 0. The van der Waals surface area contributed by atoms with Gasteiger partial charge in [0.15, 0.2) is 8.24 Å². The van der Waals surface area contributed by atoms with Crippen LogP contribution in [0.15, 0.2) is 4.03 Å². The van der Waals surface area contributed by atoms with E-state index in [-0.39, 0.29) is 0 Å². The van der Waals surface area contributed by atoms with Crippen molar-refractivity contribution in [1.82, 2.24) is 0 Å². The molecule has 0 aliphatic heterocycles. The van der Waals surface area contributed by atoms with Crippen LogP contribution >= 0.6 is 0 Å². The van der Waals surface area contributed by atoms with Gasteiger partial charge in [0.05, 0.1) is 0 Å². The third-order valence-electron chi connectivity index (χ3n) is 0.381. The fraction of sp³-hybridized carbons (Fsp3) is 1.00. The molecule has 0 aliphatic carbocycles. The number of hydrogen-bond acceptors (Lipinski definition) is 2. The second-order valence-electron chi connectivity index (χ2n) is 2.37. The summed E-state index contributed by atoms with van der Waals surface area (Å²) in [5.41, 5.74) is 0. The van der Waals surface area contributed by atoms with E-state index in [1.165, 1.54) is 0 Å². The molecule has 44 valence electrons. The van der Waals surface area contributed by atoms with Crippen molar-refractivity contribution in [3.05, 3.63) is 0 Å². The minimum absolute atomic E-state index is 0.454. The summed E-state index contributed by atoms with van der Waals surface area (Å²) in [4.78, 5) is 0. The summed E-state index contributed by atoms with van der Waals surface area (Å²) in [6.45, 7) is 6.16. The van der Waals surface area contributed by atoms with Gasteiger partial charge in [-0.15, -0.1) is 0 Å². The highest BCUT2D eigenvalue weighted by Gasteiger charge is 2.08. The normalized spacial score (nSPS) is 13.0. The molecule has 0 fully saturated rings. The lowest BCUT2D eigenvalue weighted by molar-refractivity contribution is 0.698. The Balaban J connectivity index is 3.80. The van der Waals surface area contributed by atoms with E-state index in [0.29, 0.717) is 0 Å². The van der Waals surface area contributed by atoms with E-state index in [1.54, 1.807) is 0 Å². The van der Waals surface area contributed by atoms with E-state index in [2.05, 4.69) is 23.7 Å². The summed E-state index contributed by atoms with van der Waals surface area (Å²) in [5.74, 6) is 0. The van der Waals surface area contributed by atoms with Gasteiger partial charge in [-0.05, 0) is 19.6 Å². The average Bonchev–Trinajstić information content (AvgIpc) is 1.30. The molecule has 0 aromatic heterocycles. The topological polar surface area (TPSA) is 29.4 Å². The summed E-state index contributed by atoms with van der Waals surface area (Å²) in [7, 11) is -1.33. The zero-order valence-electron chi connectivity index (χ0n) is 4.86. The number of rotatable bonds is 1. The standard InChI is InChI=1S/C3H11NOSSi/c1-7(2,3)4-6-5/h6H2,1-3H3. The number of hydrogen-bond donors (Lipinski definition) is 0. The maximum absolute atomic E-state index is 9.84. The Morgan fingerprint density at radius 3 is 1.86 bits per heavy atom. The molecule has 0 aromatic carbocycles. The monoisotopic (exact) mass is 137 g/mol. The van der Waals surface area contributed by atoms with Crippen molar-refractivity contribution in [2.24, 2.45) is 4.03 Å². The third-order valence-corrected chi connectivity index (χ3v) is 3.43. The molecule has 0 radical (unpaired) electrons. The van der Waals surface area contributed by atoms with Crippen molar-refractivity contribution in [3.63, 3.8) is 0 Å². The van der Waals surface area contributed by atoms with Gasteiger partial charge in [0.25, 0.3) is 0 Å². The first kappa shape index (κ1) is 7.17. The van der Waals surface area contributed by atoms with Crippen LogP contribution in [0.1, 0.15) is 0 Å². The molecule has 0 amide bonds. The van der Waals surface area contributed by atoms with Gasteiger partial charge in [-0.1, -0.05) is 0 Å². The van der Waals surface area contributed by atoms with Gasteiger partial charge in [0, 0.05) is 11.5 Å². The predicted molar refractivity (Wildman–Crippen MR) is 36.7 cm³/mol. The SMILES string of the molecule is C[Si](C)(C)N=[SH2]=O. The maximum Gasteiger partial charge on any atom is 0.184 e. The quantitative estimate of drug-likeness (QED) is 0.489. The van der Waals surface area contributed by atoms with Crippen molar-refractivity contribution in [3.8, 4) is 0 Å². The zero-order valence-corrected chi connectivity index (χ0v) is 6.86. The van der Waals surface area contributed by atoms with Crippen LogP contribution in [0.5, 0.6) is 0 Å². The molecule has 0 heterocycles. The van der Waals surface area contributed by atoms with Crippen LogP contribution in [0, 0.1) is 0 Å². The van der Waals surface area contributed by atoms with Crippen LogP contribution in [0.2, 0.25) is 19.6 Å². The molecule has 0 rings (SSSR count). The van der Waals surface area contributed by atoms with Gasteiger partial charge < -0.3 is 0 Å². The van der Waals surface area contributed by atoms with Crippen LogP contribution in [0.4, 0.5) is 0 Å². The largest absolute Gasteiger partial charge is 0.283 e. The summed E-state index contributed by atoms with van der Waals surface area (Å²) < 4.78 is 13.7. The first-order valence-corrected chi connectivity index (χ1v) is 6.45. The molecule has 0 unspecified atom stereocenters. The van der Waals surface area contributed by atoms with Crippen molar-refractivity contribution in [2.45, 2.75) is 19.6 Å². The Morgan fingerprint density at radius 1 is 1.43 bits per heavy atom. The molecule has 0 aromatic rings. The van der Waals surface area contributed by atoms with Crippen LogP contribution < -0.4 is 0 Å². The number of nitrogens with zero attached hydrogens (tertiary/aromatic N) is 1. The molecular weight excluding hydrogens is 126 g/mol. The minimum Gasteiger partial charge on any atom is -0.283 e. The van der Waals surface area contributed by atoms with Crippen LogP contribution in [0.25, 0.3) is 0 Å². The molecule has 0 saturated carbocycles. The minimum atomic E-state index is -1.33. The first-order valence-electron chi connectivity index (χ1n) is 2.15. The van der Waals surface area contributed by atoms with Gasteiger partial charge in [0.1, 0.15) is 0 Å². The van der Waals surface area contributed by atoms with Gasteiger partial charge >= 0.3 is 0 Å². The summed E-state index contributed by atoms with van der Waals surface area (Å²) in [6, 6.07) is 0. The van der Waals surface area contributed by atoms with Gasteiger partial charge in [0.2, 0.25) is 0 Å². The van der Waals surface area contributed by atoms with E-state index in [1.807, 2.05) is 0 Å². The van der Waals surface area contributed by atoms with Crippen molar-refractivity contribution in [1.29, 1.82) is 0 Å². The zero-order chi connectivity index (χ0) is 5.91. The average molecular weight is 137 g/mol. The van der Waals surface area contributed by atoms with Gasteiger partial charge in [-0.3, -0.25) is 8.24 Å². The van der Waals surface area contributed by atoms with Gasteiger partial charge in [-0.2, -0.15) is 0 Å². The van der Waals surface area contributed by atoms with E-state index < -0.39 is 19.7 Å². The highest BCUT2D eigenvalue weighted by atomic mass is 32.1.